The predicted molar refractivity (Wildman–Crippen MR) is 82.5 cm³/mol. The van der Waals surface area contributed by atoms with Gasteiger partial charge in [-0.15, -0.1) is 0 Å². The van der Waals surface area contributed by atoms with Gasteiger partial charge in [-0.05, 0) is 31.7 Å². The van der Waals surface area contributed by atoms with Crippen molar-refractivity contribution < 1.29 is 13.5 Å². The predicted octanol–water partition coefficient (Wildman–Crippen LogP) is 1.35. The molecular weight excluding hydrogens is 288 g/mol. The molecule has 116 valence electrons. The summed E-state index contributed by atoms with van der Waals surface area (Å²) in [5.41, 5.74) is 1.26. The molecule has 1 aromatic rings. The molecule has 0 spiro atoms. The molecule has 2 unspecified atom stereocenters. The van der Waals surface area contributed by atoms with Crippen molar-refractivity contribution in [3.05, 3.63) is 35.4 Å². The molecule has 0 aromatic heterocycles. The highest BCUT2D eigenvalue weighted by Crippen LogP contribution is 2.16. The molecule has 21 heavy (non-hydrogen) atoms. The van der Waals surface area contributed by atoms with Crippen molar-refractivity contribution in [1.29, 1.82) is 5.26 Å². The number of nitriles is 1. The number of benzene rings is 1. The van der Waals surface area contributed by atoms with Gasteiger partial charge in [-0.1, -0.05) is 19.1 Å². The van der Waals surface area contributed by atoms with Crippen LogP contribution in [0.4, 0.5) is 0 Å². The lowest BCUT2D eigenvalue weighted by atomic mass is 10.1. The van der Waals surface area contributed by atoms with Crippen LogP contribution in [0.15, 0.2) is 24.3 Å². The van der Waals surface area contributed by atoms with Crippen molar-refractivity contribution in [2.45, 2.75) is 26.0 Å². The zero-order valence-corrected chi connectivity index (χ0v) is 13.5. The van der Waals surface area contributed by atoms with Gasteiger partial charge in [0.15, 0.2) is 9.84 Å². The van der Waals surface area contributed by atoms with Crippen LogP contribution in [0.2, 0.25) is 0 Å². The van der Waals surface area contributed by atoms with Crippen LogP contribution in [0.3, 0.4) is 0 Å². The smallest absolute Gasteiger partial charge is 0.151 e. The summed E-state index contributed by atoms with van der Waals surface area (Å²) in [4.78, 5) is 1.83. The Balaban J connectivity index is 2.64. The minimum absolute atomic E-state index is 0.0834. The first kappa shape index (κ1) is 17.6. The Hall–Kier alpha value is -1.42. The summed E-state index contributed by atoms with van der Waals surface area (Å²) < 4.78 is 23.2. The zero-order chi connectivity index (χ0) is 16.0. The molecule has 6 heteroatoms. The minimum Gasteiger partial charge on any atom is -0.387 e. The molecule has 0 amide bonds. The van der Waals surface area contributed by atoms with E-state index in [1.54, 1.807) is 38.2 Å². The largest absolute Gasteiger partial charge is 0.387 e. The van der Waals surface area contributed by atoms with E-state index in [0.29, 0.717) is 17.7 Å². The van der Waals surface area contributed by atoms with E-state index < -0.39 is 15.9 Å². The highest BCUT2D eigenvalue weighted by molar-refractivity contribution is 7.91. The third-order valence-corrected chi connectivity index (χ3v) is 5.44. The molecule has 0 aliphatic carbocycles. The molecule has 0 saturated heterocycles. The molecule has 0 aliphatic heterocycles. The van der Waals surface area contributed by atoms with Gasteiger partial charge in [-0.2, -0.15) is 5.26 Å². The maximum atomic E-state index is 11.6. The monoisotopic (exact) mass is 310 g/mol. The van der Waals surface area contributed by atoms with Gasteiger partial charge >= 0.3 is 0 Å². The topological polar surface area (TPSA) is 81.4 Å². The Bertz CT molecular complexity index is 590. The summed E-state index contributed by atoms with van der Waals surface area (Å²) in [6.45, 7) is 3.80. The van der Waals surface area contributed by atoms with Crippen LogP contribution >= 0.6 is 0 Å². The number of hydrogen-bond donors (Lipinski definition) is 1. The number of aliphatic hydroxyl groups excluding tert-OH is 1. The zero-order valence-electron chi connectivity index (χ0n) is 12.7. The van der Waals surface area contributed by atoms with E-state index in [1.165, 1.54) is 0 Å². The maximum Gasteiger partial charge on any atom is 0.151 e. The first-order chi connectivity index (χ1) is 9.79. The van der Waals surface area contributed by atoms with Gasteiger partial charge in [0.05, 0.1) is 23.5 Å². The van der Waals surface area contributed by atoms with E-state index in [2.05, 4.69) is 0 Å². The number of rotatable bonds is 7. The summed E-state index contributed by atoms with van der Waals surface area (Å²) >= 11 is 0. The molecule has 0 aliphatic rings. The van der Waals surface area contributed by atoms with Crippen molar-refractivity contribution in [2.24, 2.45) is 0 Å². The lowest BCUT2D eigenvalue weighted by Gasteiger charge is -2.26. The average molecular weight is 310 g/mol. The second-order valence-electron chi connectivity index (χ2n) is 5.24. The Morgan fingerprint density at radius 1 is 1.33 bits per heavy atom. The van der Waals surface area contributed by atoms with E-state index in [1.807, 2.05) is 17.9 Å². The summed E-state index contributed by atoms with van der Waals surface area (Å²) in [5, 5.41) is 18.9. The highest BCUT2D eigenvalue weighted by atomic mass is 32.2. The summed E-state index contributed by atoms with van der Waals surface area (Å²) in [6, 6.07) is 8.60. The Labute approximate surface area is 126 Å². The van der Waals surface area contributed by atoms with Gasteiger partial charge in [-0.3, -0.25) is 4.90 Å². The Kier molecular flexibility index (Phi) is 6.34. The molecule has 1 rings (SSSR count). The van der Waals surface area contributed by atoms with Crippen LogP contribution in [0.1, 0.15) is 31.1 Å². The molecular formula is C15H22N2O3S. The van der Waals surface area contributed by atoms with E-state index in [-0.39, 0.29) is 17.5 Å². The fraction of sp³-hybridized carbons (Fsp3) is 0.533. The summed E-state index contributed by atoms with van der Waals surface area (Å²) in [6.07, 6.45) is -0.713. The first-order valence-electron chi connectivity index (χ1n) is 6.88. The summed E-state index contributed by atoms with van der Waals surface area (Å²) in [7, 11) is -1.24. The fourth-order valence-electron chi connectivity index (χ4n) is 1.95. The lowest BCUT2D eigenvalue weighted by molar-refractivity contribution is 0.113. The fourth-order valence-corrected chi connectivity index (χ4v) is 3.18. The molecule has 2 atom stereocenters. The van der Waals surface area contributed by atoms with Crippen molar-refractivity contribution >= 4 is 9.84 Å². The van der Waals surface area contributed by atoms with Gasteiger partial charge in [0.2, 0.25) is 0 Å². The number of sulfone groups is 1. The normalized spacial score (nSPS) is 14.7. The van der Waals surface area contributed by atoms with Crippen molar-refractivity contribution in [3.8, 4) is 6.07 Å². The van der Waals surface area contributed by atoms with Crippen LogP contribution < -0.4 is 0 Å². The van der Waals surface area contributed by atoms with Gasteiger partial charge in [-0.25, -0.2) is 8.42 Å². The second-order valence-corrected chi connectivity index (χ2v) is 7.63. The van der Waals surface area contributed by atoms with Gasteiger partial charge < -0.3 is 5.11 Å². The highest BCUT2D eigenvalue weighted by Gasteiger charge is 2.20. The Morgan fingerprint density at radius 2 is 1.90 bits per heavy atom. The molecule has 0 saturated carbocycles. The van der Waals surface area contributed by atoms with E-state index in [0.717, 1.165) is 0 Å². The second kappa shape index (κ2) is 7.55. The molecule has 1 N–H and O–H groups in total. The number of hydrogen-bond acceptors (Lipinski definition) is 5. The van der Waals surface area contributed by atoms with Crippen LogP contribution in [-0.2, 0) is 9.84 Å². The SMILES string of the molecule is CCS(=O)(=O)CC(C)N(C)CC(O)c1ccc(C#N)cc1. The quantitative estimate of drug-likeness (QED) is 0.822. The molecule has 5 nitrogen and oxygen atoms in total. The minimum atomic E-state index is -3.03. The molecule has 0 radical (unpaired) electrons. The van der Waals surface area contributed by atoms with E-state index in [4.69, 9.17) is 5.26 Å². The van der Waals surface area contributed by atoms with Crippen molar-refractivity contribution in [1.82, 2.24) is 4.90 Å². The molecule has 0 bridgehead atoms. The van der Waals surface area contributed by atoms with Crippen LogP contribution in [-0.4, -0.2) is 49.6 Å². The maximum absolute atomic E-state index is 11.6. The number of aliphatic hydroxyl groups is 1. The van der Waals surface area contributed by atoms with Gasteiger partial charge in [0.25, 0.3) is 0 Å². The van der Waals surface area contributed by atoms with Crippen LogP contribution in [0.5, 0.6) is 0 Å². The molecule has 0 fully saturated rings. The van der Waals surface area contributed by atoms with Crippen molar-refractivity contribution in [3.63, 3.8) is 0 Å². The van der Waals surface area contributed by atoms with Gasteiger partial charge in [0, 0.05) is 18.3 Å². The van der Waals surface area contributed by atoms with Crippen LogP contribution in [0, 0.1) is 11.3 Å². The van der Waals surface area contributed by atoms with Crippen molar-refractivity contribution in [2.75, 3.05) is 25.1 Å². The van der Waals surface area contributed by atoms with Gasteiger partial charge in [0.1, 0.15) is 0 Å². The third-order valence-electron chi connectivity index (χ3n) is 3.57. The Morgan fingerprint density at radius 3 is 2.38 bits per heavy atom. The third kappa shape index (κ3) is 5.46. The number of likely N-dealkylation sites (N-methyl/N-ethyl adjacent to an activating group) is 1. The van der Waals surface area contributed by atoms with E-state index >= 15 is 0 Å². The summed E-state index contributed by atoms with van der Waals surface area (Å²) in [5.74, 6) is 0.212. The molecule has 1 aromatic carbocycles. The number of nitrogens with zero attached hydrogens (tertiary/aromatic N) is 2. The standard InChI is InChI=1S/C15H22N2O3S/c1-4-21(19,20)11-12(2)17(3)10-15(18)14-7-5-13(9-16)6-8-14/h5-8,12,15,18H,4,10-11H2,1-3H3. The van der Waals surface area contributed by atoms with Crippen LogP contribution in [0.25, 0.3) is 0 Å². The average Bonchev–Trinajstić information content (AvgIpc) is 2.46. The molecule has 0 heterocycles. The van der Waals surface area contributed by atoms with E-state index in [9.17, 15) is 13.5 Å². The first-order valence-corrected chi connectivity index (χ1v) is 8.70. The lowest BCUT2D eigenvalue weighted by Crippen LogP contribution is -2.38.